The van der Waals surface area contributed by atoms with Gasteiger partial charge >= 0.3 is 11.4 Å². The number of imide groups is 1. The molecular weight excluding hydrogens is 628 g/mol. The number of anilines is 2. The fraction of sp³-hybridized carbons (Fsp3) is 0.333. The molecule has 0 saturated carbocycles. The molecule has 0 spiro atoms. The van der Waals surface area contributed by atoms with Gasteiger partial charge < -0.3 is 19.5 Å². The molecule has 15 nitrogen and oxygen atoms in total. The quantitative estimate of drug-likeness (QED) is 0.148. The number of hydrogen-bond acceptors (Lipinski definition) is 12. The molecule has 2 aromatic rings. The molecule has 0 radical (unpaired) electrons. The van der Waals surface area contributed by atoms with Crippen LogP contribution in [-0.4, -0.2) is 66.6 Å². The molecule has 2 amide bonds. The summed E-state index contributed by atoms with van der Waals surface area (Å²) in [6.07, 6.45) is 3.03. The number of ether oxygens (including phenoxy) is 2. The first-order chi connectivity index (χ1) is 22.7. The first-order valence-corrected chi connectivity index (χ1v) is 14.9. The highest BCUT2D eigenvalue weighted by atomic mass is 16.6. The largest absolute Gasteiger partial charge is 0.502 e. The van der Waals surface area contributed by atoms with Crippen LogP contribution in [0.4, 0.5) is 22.7 Å². The molecular formula is C33H30N4O11. The number of carbonyl (C=O) groups excluding carboxylic acids is 4. The fourth-order valence-corrected chi connectivity index (χ4v) is 7.53. The Bertz CT molecular complexity index is 1910. The van der Waals surface area contributed by atoms with Gasteiger partial charge in [0.25, 0.3) is 0 Å². The molecule has 248 valence electrons. The van der Waals surface area contributed by atoms with Gasteiger partial charge in [-0.1, -0.05) is 11.6 Å². The molecule has 1 N–H and O–H groups in total. The summed E-state index contributed by atoms with van der Waals surface area (Å²) in [7, 11) is 5.49. The van der Waals surface area contributed by atoms with Crippen LogP contribution < -0.4 is 19.3 Å². The van der Waals surface area contributed by atoms with Crippen LogP contribution in [0, 0.1) is 38.0 Å². The Kier molecular flexibility index (Phi) is 7.65. The van der Waals surface area contributed by atoms with Crippen molar-refractivity contribution in [3.8, 4) is 17.2 Å². The number of fused-ring (bicyclic) bond motifs is 3. The number of nitro benzene ring substituents is 2. The highest BCUT2D eigenvalue weighted by Crippen LogP contribution is 2.57. The number of aromatic hydroxyl groups is 1. The molecule has 48 heavy (non-hydrogen) atoms. The van der Waals surface area contributed by atoms with Crippen molar-refractivity contribution in [1.29, 1.82) is 0 Å². The smallest absolute Gasteiger partial charge is 0.301 e. The summed E-state index contributed by atoms with van der Waals surface area (Å²) in [6.45, 7) is 1.54. The minimum Gasteiger partial charge on any atom is -0.502 e. The van der Waals surface area contributed by atoms with Gasteiger partial charge in [0, 0.05) is 48.9 Å². The van der Waals surface area contributed by atoms with Crippen molar-refractivity contribution in [1.82, 2.24) is 0 Å². The summed E-state index contributed by atoms with van der Waals surface area (Å²) in [4.78, 5) is 79.8. The Morgan fingerprint density at radius 1 is 0.917 bits per heavy atom. The molecule has 4 unspecified atom stereocenters. The number of allylic oxidation sites excluding steroid dienone is 6. The van der Waals surface area contributed by atoms with E-state index in [1.807, 2.05) is 0 Å². The standard InChI is InChI=1S/C33H30N4O11/c1-14-8-23(38)20-13-19-17(26(28(20)30(14)39)15-9-24(47-4)31(40)25(10-15)48-5)6-7-18-27(19)33(42)35(32(18)41)16-11-21(36(43)44)29(34(2)3)22(12-16)37(45)46/h6,8-12,18-19,26-27,40H,7,13H2,1-5H3. The Hall–Kier alpha value is -5.86. The monoisotopic (exact) mass is 658 g/mol. The second-order valence-corrected chi connectivity index (χ2v) is 12.3. The van der Waals surface area contributed by atoms with Gasteiger partial charge in [-0.05, 0) is 49.5 Å². The van der Waals surface area contributed by atoms with Crippen molar-refractivity contribution in [2.24, 2.45) is 17.8 Å². The minimum absolute atomic E-state index is 0.0355. The van der Waals surface area contributed by atoms with E-state index in [0.29, 0.717) is 11.1 Å². The van der Waals surface area contributed by atoms with Crippen molar-refractivity contribution in [3.63, 3.8) is 0 Å². The lowest BCUT2D eigenvalue weighted by atomic mass is 9.59. The topological polar surface area (TPSA) is 200 Å². The number of amides is 2. The Balaban J connectivity index is 1.51. The van der Waals surface area contributed by atoms with E-state index in [0.717, 1.165) is 17.0 Å². The highest BCUT2D eigenvalue weighted by molar-refractivity contribution is 6.25. The highest BCUT2D eigenvalue weighted by Gasteiger charge is 2.57. The van der Waals surface area contributed by atoms with Gasteiger partial charge in [0.2, 0.25) is 17.6 Å². The van der Waals surface area contributed by atoms with Crippen molar-refractivity contribution in [2.45, 2.75) is 25.7 Å². The number of ketones is 2. The number of benzene rings is 2. The number of hydrogen-bond donors (Lipinski definition) is 1. The molecule has 6 rings (SSSR count). The third-order valence-corrected chi connectivity index (χ3v) is 9.55. The Labute approximate surface area is 273 Å². The van der Waals surface area contributed by atoms with Crippen molar-refractivity contribution >= 4 is 46.1 Å². The SMILES string of the molecule is COc1cc(C2C3=CCC4C(=O)N(c5cc([N+](=O)[O-])c(N(C)C)c([N+](=O)[O-])c5)C(=O)C4C3CC3=C2C(=O)C(C)=CC3=O)cc(OC)c1O. The molecule has 4 atom stereocenters. The Morgan fingerprint density at radius 3 is 2.02 bits per heavy atom. The number of nitro groups is 2. The van der Waals surface area contributed by atoms with Crippen LogP contribution in [-0.2, 0) is 19.2 Å². The van der Waals surface area contributed by atoms with E-state index in [1.54, 1.807) is 6.08 Å². The van der Waals surface area contributed by atoms with E-state index in [-0.39, 0.29) is 64.0 Å². The summed E-state index contributed by atoms with van der Waals surface area (Å²) >= 11 is 0. The molecule has 1 saturated heterocycles. The molecule has 1 heterocycles. The molecule has 0 aromatic heterocycles. The summed E-state index contributed by atoms with van der Waals surface area (Å²) in [6, 6.07) is 4.98. The van der Waals surface area contributed by atoms with E-state index in [9.17, 15) is 44.5 Å². The summed E-state index contributed by atoms with van der Waals surface area (Å²) in [5, 5.41) is 34.7. The maximum absolute atomic E-state index is 14.3. The van der Waals surface area contributed by atoms with Crippen LogP contribution in [0.1, 0.15) is 31.2 Å². The molecule has 0 bridgehead atoms. The molecule has 2 aromatic carbocycles. The number of rotatable bonds is 7. The maximum Gasteiger partial charge on any atom is 0.301 e. The van der Waals surface area contributed by atoms with E-state index in [1.165, 1.54) is 58.3 Å². The lowest BCUT2D eigenvalue weighted by molar-refractivity contribution is -0.392. The van der Waals surface area contributed by atoms with E-state index < -0.39 is 62.5 Å². The second-order valence-electron chi connectivity index (χ2n) is 12.3. The first kappa shape index (κ1) is 32.1. The average molecular weight is 659 g/mol. The zero-order valence-corrected chi connectivity index (χ0v) is 26.5. The third-order valence-electron chi connectivity index (χ3n) is 9.55. The van der Waals surface area contributed by atoms with Crippen LogP contribution in [0.5, 0.6) is 17.2 Å². The summed E-state index contributed by atoms with van der Waals surface area (Å²) in [5.41, 5.74) is -0.247. The van der Waals surface area contributed by atoms with Gasteiger partial charge in [-0.3, -0.25) is 39.4 Å². The number of carbonyl (C=O) groups is 4. The van der Waals surface area contributed by atoms with Crippen LogP contribution >= 0.6 is 0 Å². The fourth-order valence-electron chi connectivity index (χ4n) is 7.53. The van der Waals surface area contributed by atoms with Crippen molar-refractivity contribution in [3.05, 3.63) is 84.5 Å². The number of Topliss-reactive ketones (excluding diaryl/α,β-unsaturated/α-hetero) is 1. The number of nitrogens with zero attached hydrogens (tertiary/aromatic N) is 4. The molecule has 1 aliphatic heterocycles. The van der Waals surface area contributed by atoms with Crippen molar-refractivity contribution in [2.75, 3.05) is 38.1 Å². The van der Waals surface area contributed by atoms with Crippen LogP contribution in [0.3, 0.4) is 0 Å². The lowest BCUT2D eigenvalue weighted by Gasteiger charge is -2.42. The van der Waals surface area contributed by atoms with Gasteiger partial charge in [-0.15, -0.1) is 0 Å². The summed E-state index contributed by atoms with van der Waals surface area (Å²) < 4.78 is 10.7. The van der Waals surface area contributed by atoms with E-state index in [2.05, 4.69) is 0 Å². The maximum atomic E-state index is 14.3. The van der Waals surface area contributed by atoms with E-state index >= 15 is 0 Å². The van der Waals surface area contributed by atoms with E-state index in [4.69, 9.17) is 9.47 Å². The molecule has 4 aliphatic rings. The molecule has 15 heteroatoms. The number of methoxy groups -OCH3 is 2. The third kappa shape index (κ3) is 4.64. The molecule has 1 fully saturated rings. The van der Waals surface area contributed by atoms with Crippen LogP contribution in [0.15, 0.2) is 58.7 Å². The average Bonchev–Trinajstić information content (AvgIpc) is 3.31. The second kappa shape index (κ2) is 11.4. The lowest BCUT2D eigenvalue weighted by Crippen LogP contribution is -2.39. The predicted molar refractivity (Wildman–Crippen MR) is 169 cm³/mol. The number of phenols is 1. The zero-order chi connectivity index (χ0) is 34.9. The Morgan fingerprint density at radius 2 is 1.50 bits per heavy atom. The molecule has 3 aliphatic carbocycles. The van der Waals surface area contributed by atoms with Crippen molar-refractivity contribution < 1.29 is 43.6 Å². The predicted octanol–water partition coefficient (Wildman–Crippen LogP) is 3.93. The zero-order valence-electron chi connectivity index (χ0n) is 26.5. The number of phenolic OH excluding ortho intramolecular Hbond substituents is 1. The summed E-state index contributed by atoms with van der Waals surface area (Å²) in [5.74, 6) is -5.98. The minimum atomic E-state index is -1.04. The normalized spacial score (nSPS) is 23.2. The van der Waals surface area contributed by atoms with Crippen LogP contribution in [0.2, 0.25) is 0 Å². The van der Waals surface area contributed by atoms with Gasteiger partial charge in [0.05, 0.1) is 41.6 Å². The van der Waals surface area contributed by atoms with Crippen LogP contribution in [0.25, 0.3) is 0 Å². The van der Waals surface area contributed by atoms with Gasteiger partial charge in [-0.25, -0.2) is 4.90 Å². The van der Waals surface area contributed by atoms with Gasteiger partial charge in [0.1, 0.15) is 0 Å². The van der Waals surface area contributed by atoms with Gasteiger partial charge in [0.15, 0.2) is 28.8 Å². The first-order valence-electron chi connectivity index (χ1n) is 14.9. The van der Waals surface area contributed by atoms with Gasteiger partial charge in [-0.2, -0.15) is 0 Å².